The first-order valence-electron chi connectivity index (χ1n) is 11.1. The normalized spacial score (nSPS) is 11.1. The summed E-state index contributed by atoms with van der Waals surface area (Å²) < 4.78 is 12.2. The summed E-state index contributed by atoms with van der Waals surface area (Å²) in [6, 6.07) is 28.8. The average Bonchev–Trinajstić information content (AvgIpc) is 2.88. The summed E-state index contributed by atoms with van der Waals surface area (Å²) in [5, 5.41) is 14.6. The average molecular weight is 527 g/mol. The topological polar surface area (TPSA) is 71.3 Å². The Labute approximate surface area is 212 Å². The van der Waals surface area contributed by atoms with Crippen molar-refractivity contribution >= 4 is 44.4 Å². The van der Waals surface area contributed by atoms with Gasteiger partial charge in [0.25, 0.3) is 5.91 Å². The molecule has 0 unspecified atom stereocenters. The lowest BCUT2D eigenvalue weighted by Gasteiger charge is -2.11. The summed E-state index contributed by atoms with van der Waals surface area (Å²) in [7, 11) is 0. The Morgan fingerprint density at radius 1 is 1.00 bits per heavy atom. The van der Waals surface area contributed by atoms with Crippen LogP contribution >= 0.6 is 15.9 Å². The first kappa shape index (κ1) is 24.1. The van der Waals surface area contributed by atoms with Gasteiger partial charge in [-0.3, -0.25) is 4.79 Å². The van der Waals surface area contributed by atoms with E-state index in [0.29, 0.717) is 36.0 Å². The molecule has 35 heavy (non-hydrogen) atoms. The fraction of sp³-hybridized carbons (Fsp3) is 0.103. The third kappa shape index (κ3) is 6.08. The van der Waals surface area contributed by atoms with Gasteiger partial charge in [-0.05, 0) is 87.2 Å². The lowest BCUT2D eigenvalue weighted by molar-refractivity contribution is -0.112. The molecule has 4 aromatic rings. The molecule has 0 aliphatic carbocycles. The van der Waals surface area contributed by atoms with Gasteiger partial charge in [-0.15, -0.1) is 0 Å². The maximum atomic E-state index is 12.6. The van der Waals surface area contributed by atoms with E-state index in [2.05, 4.69) is 45.5 Å². The molecule has 0 atom stereocenters. The van der Waals surface area contributed by atoms with Crippen LogP contribution in [-0.2, 0) is 11.4 Å². The van der Waals surface area contributed by atoms with Gasteiger partial charge in [0.15, 0.2) is 0 Å². The second-order valence-corrected chi connectivity index (χ2v) is 8.55. The van der Waals surface area contributed by atoms with Crippen LogP contribution in [0.2, 0.25) is 0 Å². The zero-order valence-electron chi connectivity index (χ0n) is 19.1. The summed E-state index contributed by atoms with van der Waals surface area (Å²) in [6.07, 6.45) is 1.54. The van der Waals surface area contributed by atoms with Crippen molar-refractivity contribution in [1.29, 1.82) is 5.26 Å². The Balaban J connectivity index is 1.45. The molecule has 4 rings (SSSR count). The number of rotatable bonds is 8. The third-order valence-corrected chi connectivity index (χ3v) is 5.94. The van der Waals surface area contributed by atoms with Gasteiger partial charge in [0.1, 0.15) is 29.7 Å². The van der Waals surface area contributed by atoms with E-state index in [0.717, 1.165) is 15.4 Å². The highest BCUT2D eigenvalue weighted by Gasteiger charge is 2.11. The quantitative estimate of drug-likeness (QED) is 0.196. The predicted molar refractivity (Wildman–Crippen MR) is 142 cm³/mol. The monoisotopic (exact) mass is 526 g/mol. The Morgan fingerprint density at radius 2 is 1.77 bits per heavy atom. The predicted octanol–water partition coefficient (Wildman–Crippen LogP) is 7.13. The van der Waals surface area contributed by atoms with Crippen molar-refractivity contribution in [1.82, 2.24) is 0 Å². The molecular weight excluding hydrogens is 504 g/mol. The number of carbonyl (C=O) groups is 1. The fourth-order valence-corrected chi connectivity index (χ4v) is 4.12. The molecule has 0 aliphatic heterocycles. The van der Waals surface area contributed by atoms with Gasteiger partial charge in [-0.2, -0.15) is 5.26 Å². The highest BCUT2D eigenvalue weighted by atomic mass is 79.9. The van der Waals surface area contributed by atoms with Crippen LogP contribution in [0.3, 0.4) is 0 Å². The summed E-state index contributed by atoms with van der Waals surface area (Å²) in [6.45, 7) is 2.89. The maximum Gasteiger partial charge on any atom is 0.266 e. The number of benzene rings is 4. The van der Waals surface area contributed by atoms with Crippen molar-refractivity contribution in [2.24, 2.45) is 0 Å². The molecule has 0 bridgehead atoms. The SMILES string of the molecule is CCOc1ccc(NC(=O)/C(C#N)=C\c2ccc(OCc3cccc4ccccc34)c(Br)c2)cc1. The molecule has 0 spiro atoms. The first-order valence-corrected chi connectivity index (χ1v) is 11.9. The number of nitrogens with one attached hydrogen (secondary N) is 1. The molecule has 0 radical (unpaired) electrons. The fourth-order valence-electron chi connectivity index (χ4n) is 3.61. The standard InChI is InChI=1S/C29H23BrN2O3/c1-2-34-25-13-11-24(12-14-25)32-29(33)23(18-31)16-20-10-15-28(27(30)17-20)35-19-22-8-5-7-21-6-3-4-9-26(21)22/h3-17H,2,19H2,1H3,(H,32,33)/b23-16-. The van der Waals surface area contributed by atoms with Crippen molar-refractivity contribution in [3.8, 4) is 17.6 Å². The molecule has 1 amide bonds. The highest BCUT2D eigenvalue weighted by molar-refractivity contribution is 9.10. The number of anilines is 1. The molecular formula is C29H23BrN2O3. The van der Waals surface area contributed by atoms with E-state index in [1.165, 1.54) is 5.39 Å². The van der Waals surface area contributed by atoms with Crippen LogP contribution in [-0.4, -0.2) is 12.5 Å². The Kier molecular flexibility index (Phi) is 7.81. The van der Waals surface area contributed by atoms with Gasteiger partial charge in [0.2, 0.25) is 0 Å². The number of halogens is 1. The second kappa shape index (κ2) is 11.4. The molecule has 0 saturated heterocycles. The minimum atomic E-state index is -0.482. The number of nitrogens with zero attached hydrogens (tertiary/aromatic N) is 1. The van der Waals surface area contributed by atoms with Crippen LogP contribution in [0.5, 0.6) is 11.5 Å². The van der Waals surface area contributed by atoms with Gasteiger partial charge in [-0.1, -0.05) is 48.5 Å². The van der Waals surface area contributed by atoms with E-state index in [-0.39, 0.29) is 5.57 Å². The van der Waals surface area contributed by atoms with E-state index in [1.807, 2.05) is 49.4 Å². The van der Waals surface area contributed by atoms with Crippen LogP contribution in [0.15, 0.2) is 95.0 Å². The number of fused-ring (bicyclic) bond motifs is 1. The minimum Gasteiger partial charge on any atom is -0.494 e. The molecule has 0 saturated carbocycles. The lowest BCUT2D eigenvalue weighted by Crippen LogP contribution is -2.13. The van der Waals surface area contributed by atoms with Gasteiger partial charge in [-0.25, -0.2) is 0 Å². The van der Waals surface area contributed by atoms with Crippen molar-refractivity contribution in [3.05, 3.63) is 106 Å². The van der Waals surface area contributed by atoms with Gasteiger partial charge < -0.3 is 14.8 Å². The van der Waals surface area contributed by atoms with Gasteiger partial charge >= 0.3 is 0 Å². The van der Waals surface area contributed by atoms with E-state index in [1.54, 1.807) is 30.3 Å². The number of ether oxygens (including phenoxy) is 2. The molecule has 5 nitrogen and oxygen atoms in total. The van der Waals surface area contributed by atoms with Crippen molar-refractivity contribution in [3.63, 3.8) is 0 Å². The molecule has 0 aliphatic rings. The summed E-state index contributed by atoms with van der Waals surface area (Å²) in [5.74, 6) is 0.908. The van der Waals surface area contributed by atoms with Crippen LogP contribution in [0, 0.1) is 11.3 Å². The highest BCUT2D eigenvalue weighted by Crippen LogP contribution is 2.29. The van der Waals surface area contributed by atoms with Gasteiger partial charge in [0.05, 0.1) is 11.1 Å². The van der Waals surface area contributed by atoms with Crippen LogP contribution in [0.25, 0.3) is 16.8 Å². The minimum absolute atomic E-state index is 0.00444. The number of nitriles is 1. The maximum absolute atomic E-state index is 12.6. The van der Waals surface area contributed by atoms with Crippen LogP contribution < -0.4 is 14.8 Å². The van der Waals surface area contributed by atoms with Crippen LogP contribution in [0.1, 0.15) is 18.1 Å². The molecule has 4 aromatic carbocycles. The molecule has 0 fully saturated rings. The van der Waals surface area contributed by atoms with Crippen molar-refractivity contribution in [2.45, 2.75) is 13.5 Å². The molecule has 0 aromatic heterocycles. The van der Waals surface area contributed by atoms with Crippen molar-refractivity contribution < 1.29 is 14.3 Å². The van der Waals surface area contributed by atoms with E-state index in [9.17, 15) is 10.1 Å². The molecule has 1 N–H and O–H groups in total. The van der Waals surface area contributed by atoms with Crippen LogP contribution in [0.4, 0.5) is 5.69 Å². The first-order chi connectivity index (χ1) is 17.1. The molecule has 174 valence electrons. The Morgan fingerprint density at radius 3 is 2.51 bits per heavy atom. The summed E-state index contributed by atoms with van der Waals surface area (Å²) >= 11 is 3.54. The number of hydrogen-bond donors (Lipinski definition) is 1. The second-order valence-electron chi connectivity index (χ2n) is 7.70. The molecule has 0 heterocycles. The van der Waals surface area contributed by atoms with E-state index < -0.39 is 5.91 Å². The number of amides is 1. The Bertz CT molecular complexity index is 1420. The summed E-state index contributed by atoms with van der Waals surface area (Å²) in [5.41, 5.74) is 2.37. The van der Waals surface area contributed by atoms with Crippen molar-refractivity contribution in [2.75, 3.05) is 11.9 Å². The largest absolute Gasteiger partial charge is 0.494 e. The number of carbonyl (C=O) groups excluding carboxylic acids is 1. The smallest absolute Gasteiger partial charge is 0.266 e. The zero-order valence-corrected chi connectivity index (χ0v) is 20.7. The van der Waals surface area contributed by atoms with E-state index in [4.69, 9.17) is 9.47 Å². The van der Waals surface area contributed by atoms with E-state index >= 15 is 0 Å². The summed E-state index contributed by atoms with van der Waals surface area (Å²) in [4.78, 5) is 12.6. The molecule has 6 heteroatoms. The third-order valence-electron chi connectivity index (χ3n) is 5.32. The Hall–Kier alpha value is -4.08. The zero-order chi connectivity index (χ0) is 24.6. The van der Waals surface area contributed by atoms with Gasteiger partial charge in [0, 0.05) is 5.69 Å². The lowest BCUT2D eigenvalue weighted by atomic mass is 10.1. The number of hydrogen-bond acceptors (Lipinski definition) is 4.